The van der Waals surface area contributed by atoms with Gasteiger partial charge in [-0.2, -0.15) is 0 Å². The standard InChI is InChI=1S/C60H41N/c1-2-17-44(18-3-1)51-23-8-9-25-53(51)55-27-10-11-28-56(55)57-29-14-15-32-59(57)61(60-41-47-20-5-7-24-52(47)54-26-12-13-30-58(54)60)48-39-37-43(38-40-48)42-33-35-46(36-34-42)50-31-16-21-45-19-4-6-22-49(45)50/h1-41H. The van der Waals surface area contributed by atoms with Gasteiger partial charge in [0, 0.05) is 16.6 Å². The molecule has 0 amide bonds. The lowest BCUT2D eigenvalue weighted by atomic mass is 9.88. The van der Waals surface area contributed by atoms with Crippen molar-refractivity contribution in [2.24, 2.45) is 0 Å². The number of fused-ring (bicyclic) bond motifs is 4. The smallest absolute Gasteiger partial charge is 0.0546 e. The average Bonchev–Trinajstić information content (AvgIpc) is 3.35. The predicted octanol–water partition coefficient (Wildman–Crippen LogP) is 17.0. The molecule has 1 heteroatoms. The minimum Gasteiger partial charge on any atom is -0.309 e. The fourth-order valence-corrected chi connectivity index (χ4v) is 9.19. The van der Waals surface area contributed by atoms with E-state index in [-0.39, 0.29) is 0 Å². The van der Waals surface area contributed by atoms with Gasteiger partial charge in [0.15, 0.2) is 0 Å². The van der Waals surface area contributed by atoms with Crippen LogP contribution in [0.5, 0.6) is 0 Å². The zero-order valence-corrected chi connectivity index (χ0v) is 33.6. The first-order chi connectivity index (χ1) is 30.3. The molecule has 0 heterocycles. The Labute approximate surface area is 357 Å². The van der Waals surface area contributed by atoms with Crippen LogP contribution in [0.3, 0.4) is 0 Å². The number of benzene rings is 11. The first-order valence-corrected chi connectivity index (χ1v) is 21.0. The molecule has 0 bridgehead atoms. The zero-order chi connectivity index (χ0) is 40.5. The van der Waals surface area contributed by atoms with Crippen LogP contribution < -0.4 is 4.90 Å². The van der Waals surface area contributed by atoms with E-state index >= 15 is 0 Å². The van der Waals surface area contributed by atoms with E-state index in [0.717, 1.165) is 22.6 Å². The Morgan fingerprint density at radius 1 is 0.213 bits per heavy atom. The summed E-state index contributed by atoms with van der Waals surface area (Å²) in [6, 6.07) is 90.5. The molecule has 0 aliphatic carbocycles. The average molecular weight is 776 g/mol. The van der Waals surface area contributed by atoms with Gasteiger partial charge in [-0.3, -0.25) is 0 Å². The minimum atomic E-state index is 1.09. The molecule has 61 heavy (non-hydrogen) atoms. The molecular formula is C60H41N. The highest BCUT2D eigenvalue weighted by molar-refractivity contribution is 6.15. The van der Waals surface area contributed by atoms with Crippen molar-refractivity contribution in [3.8, 4) is 55.6 Å². The lowest BCUT2D eigenvalue weighted by Crippen LogP contribution is -2.12. The largest absolute Gasteiger partial charge is 0.309 e. The first kappa shape index (κ1) is 36.1. The third-order valence-corrected chi connectivity index (χ3v) is 12.1. The molecule has 11 aromatic rings. The molecule has 0 saturated carbocycles. The van der Waals surface area contributed by atoms with Gasteiger partial charge in [0.25, 0.3) is 0 Å². The number of rotatable bonds is 8. The summed E-state index contributed by atoms with van der Waals surface area (Å²) in [7, 11) is 0. The lowest BCUT2D eigenvalue weighted by molar-refractivity contribution is 1.30. The van der Waals surface area contributed by atoms with Crippen LogP contribution in [0.1, 0.15) is 0 Å². The molecular weight excluding hydrogens is 735 g/mol. The summed E-state index contributed by atoms with van der Waals surface area (Å²) >= 11 is 0. The van der Waals surface area contributed by atoms with Crippen LogP contribution >= 0.6 is 0 Å². The Bertz CT molecular complexity index is 3340. The van der Waals surface area contributed by atoms with E-state index in [2.05, 4.69) is 254 Å². The Morgan fingerprint density at radius 3 is 1.38 bits per heavy atom. The van der Waals surface area contributed by atoms with Gasteiger partial charge in [-0.15, -0.1) is 0 Å². The number of hydrogen-bond donors (Lipinski definition) is 0. The molecule has 11 aromatic carbocycles. The Morgan fingerprint density at radius 2 is 0.656 bits per heavy atom. The topological polar surface area (TPSA) is 3.24 Å². The van der Waals surface area contributed by atoms with Gasteiger partial charge in [-0.05, 0) is 101 Å². The summed E-state index contributed by atoms with van der Waals surface area (Å²) in [6.07, 6.45) is 0. The molecule has 0 unspecified atom stereocenters. The maximum atomic E-state index is 2.47. The Balaban J connectivity index is 1.07. The van der Waals surface area contributed by atoms with Gasteiger partial charge in [-0.1, -0.05) is 224 Å². The monoisotopic (exact) mass is 775 g/mol. The first-order valence-electron chi connectivity index (χ1n) is 21.0. The Hall–Kier alpha value is -8.00. The molecule has 11 rings (SSSR count). The van der Waals surface area contributed by atoms with E-state index in [9.17, 15) is 0 Å². The molecule has 0 fully saturated rings. The molecule has 0 spiro atoms. The SMILES string of the molecule is c1ccc(-c2ccccc2-c2ccccc2-c2ccccc2N(c2ccc(-c3ccc(-c4cccc5ccccc45)cc3)cc2)c2cc3ccccc3c3ccccc23)cc1. The van der Waals surface area contributed by atoms with Crippen LogP contribution in [0.2, 0.25) is 0 Å². The number of nitrogens with zero attached hydrogens (tertiary/aromatic N) is 1. The van der Waals surface area contributed by atoms with Crippen molar-refractivity contribution in [2.75, 3.05) is 4.90 Å². The van der Waals surface area contributed by atoms with Crippen LogP contribution in [-0.4, -0.2) is 0 Å². The van der Waals surface area contributed by atoms with E-state index in [1.165, 1.54) is 82.4 Å². The van der Waals surface area contributed by atoms with Crippen LogP contribution in [0, 0.1) is 0 Å². The van der Waals surface area contributed by atoms with Gasteiger partial charge in [0.1, 0.15) is 0 Å². The van der Waals surface area contributed by atoms with Crippen molar-refractivity contribution >= 4 is 49.4 Å². The molecule has 286 valence electrons. The van der Waals surface area contributed by atoms with Crippen LogP contribution in [0.4, 0.5) is 17.1 Å². The van der Waals surface area contributed by atoms with Crippen molar-refractivity contribution in [1.82, 2.24) is 0 Å². The maximum Gasteiger partial charge on any atom is 0.0546 e. The quantitative estimate of drug-likeness (QED) is 0.139. The summed E-state index contributed by atoms with van der Waals surface area (Å²) in [4.78, 5) is 2.47. The third kappa shape index (κ3) is 6.63. The number of para-hydroxylation sites is 1. The molecule has 1 nitrogen and oxygen atoms in total. The Kier molecular flexibility index (Phi) is 9.26. The van der Waals surface area contributed by atoms with E-state index in [0.29, 0.717) is 0 Å². The number of hydrogen-bond acceptors (Lipinski definition) is 1. The summed E-state index contributed by atoms with van der Waals surface area (Å²) in [5.41, 5.74) is 15.3. The van der Waals surface area contributed by atoms with Crippen molar-refractivity contribution in [3.63, 3.8) is 0 Å². The van der Waals surface area contributed by atoms with E-state index in [1.54, 1.807) is 0 Å². The van der Waals surface area contributed by atoms with E-state index < -0.39 is 0 Å². The lowest BCUT2D eigenvalue weighted by Gasteiger charge is -2.30. The highest BCUT2D eigenvalue weighted by Crippen LogP contribution is 2.48. The van der Waals surface area contributed by atoms with Crippen molar-refractivity contribution < 1.29 is 0 Å². The van der Waals surface area contributed by atoms with Gasteiger partial charge >= 0.3 is 0 Å². The molecule has 0 aliphatic rings. The van der Waals surface area contributed by atoms with Gasteiger partial charge in [-0.25, -0.2) is 0 Å². The van der Waals surface area contributed by atoms with Crippen molar-refractivity contribution in [3.05, 3.63) is 249 Å². The fourth-order valence-electron chi connectivity index (χ4n) is 9.19. The molecule has 0 N–H and O–H groups in total. The van der Waals surface area contributed by atoms with E-state index in [1.807, 2.05) is 0 Å². The minimum absolute atomic E-state index is 1.09. The summed E-state index contributed by atoms with van der Waals surface area (Å²) < 4.78 is 0. The van der Waals surface area contributed by atoms with E-state index in [4.69, 9.17) is 0 Å². The summed E-state index contributed by atoms with van der Waals surface area (Å²) in [5, 5.41) is 7.42. The predicted molar refractivity (Wildman–Crippen MR) is 261 cm³/mol. The highest BCUT2D eigenvalue weighted by atomic mass is 15.1. The van der Waals surface area contributed by atoms with Gasteiger partial charge in [0.2, 0.25) is 0 Å². The second-order valence-corrected chi connectivity index (χ2v) is 15.6. The van der Waals surface area contributed by atoms with Crippen LogP contribution in [-0.2, 0) is 0 Å². The number of anilines is 3. The zero-order valence-electron chi connectivity index (χ0n) is 33.6. The molecule has 0 atom stereocenters. The highest BCUT2D eigenvalue weighted by Gasteiger charge is 2.22. The van der Waals surface area contributed by atoms with Crippen LogP contribution in [0.15, 0.2) is 249 Å². The third-order valence-electron chi connectivity index (χ3n) is 12.1. The fraction of sp³-hybridized carbons (Fsp3) is 0. The summed E-state index contributed by atoms with van der Waals surface area (Å²) in [5.74, 6) is 0. The van der Waals surface area contributed by atoms with Gasteiger partial charge in [0.05, 0.1) is 11.4 Å². The normalized spacial score (nSPS) is 11.3. The molecule has 0 saturated heterocycles. The van der Waals surface area contributed by atoms with Crippen molar-refractivity contribution in [1.29, 1.82) is 0 Å². The molecule has 0 aromatic heterocycles. The molecule has 0 radical (unpaired) electrons. The van der Waals surface area contributed by atoms with Crippen LogP contribution in [0.25, 0.3) is 88.0 Å². The second-order valence-electron chi connectivity index (χ2n) is 15.6. The van der Waals surface area contributed by atoms with Gasteiger partial charge < -0.3 is 4.90 Å². The summed E-state index contributed by atoms with van der Waals surface area (Å²) in [6.45, 7) is 0. The maximum absolute atomic E-state index is 2.47. The molecule has 0 aliphatic heterocycles. The second kappa shape index (κ2) is 15.6. The van der Waals surface area contributed by atoms with Crippen molar-refractivity contribution in [2.45, 2.75) is 0 Å².